The Morgan fingerprint density at radius 1 is 1.53 bits per heavy atom. The topological polar surface area (TPSA) is 94.0 Å². The molecule has 19 heavy (non-hydrogen) atoms. The van der Waals surface area contributed by atoms with Crippen molar-refractivity contribution in [1.82, 2.24) is 15.5 Å². The molecule has 0 radical (unpaired) electrons. The Morgan fingerprint density at radius 2 is 2.32 bits per heavy atom. The molecule has 0 aliphatic heterocycles. The van der Waals surface area contributed by atoms with E-state index in [0.717, 1.165) is 6.07 Å². The fraction of sp³-hybridized carbons (Fsp3) is 0.250. The van der Waals surface area contributed by atoms with E-state index in [-0.39, 0.29) is 11.3 Å². The normalized spacial score (nSPS) is 10.4. The highest BCUT2D eigenvalue weighted by molar-refractivity contribution is 5.95. The molecule has 1 amide bonds. The van der Waals surface area contributed by atoms with Gasteiger partial charge >= 0.3 is 0 Å². The van der Waals surface area contributed by atoms with Gasteiger partial charge in [0.2, 0.25) is 6.39 Å². The summed E-state index contributed by atoms with van der Waals surface area (Å²) in [6.45, 7) is 1.89. The van der Waals surface area contributed by atoms with Crippen LogP contribution in [0.25, 0.3) is 0 Å². The molecule has 0 saturated heterocycles. The predicted molar refractivity (Wildman–Crippen MR) is 65.9 cm³/mol. The first-order chi connectivity index (χ1) is 9.08. The molecule has 0 aliphatic carbocycles. The Hall–Kier alpha value is -2.44. The van der Waals surface area contributed by atoms with Gasteiger partial charge in [0.05, 0.1) is 0 Å². The summed E-state index contributed by atoms with van der Waals surface area (Å²) in [6.07, 6.45) is 1.65. The summed E-state index contributed by atoms with van der Waals surface area (Å²) < 4.78 is 18.0. The maximum absolute atomic E-state index is 13.5. The Balaban J connectivity index is 1.96. The largest absolute Gasteiger partial charge is 0.398 e. The van der Waals surface area contributed by atoms with Crippen LogP contribution in [-0.2, 0) is 6.42 Å². The van der Waals surface area contributed by atoms with Crippen molar-refractivity contribution in [2.75, 3.05) is 12.3 Å². The van der Waals surface area contributed by atoms with Crippen LogP contribution < -0.4 is 11.1 Å². The number of aromatic nitrogens is 2. The van der Waals surface area contributed by atoms with Crippen LogP contribution in [0.2, 0.25) is 0 Å². The molecule has 1 aromatic carbocycles. The van der Waals surface area contributed by atoms with E-state index in [2.05, 4.69) is 20.0 Å². The molecule has 0 spiro atoms. The number of amides is 1. The SMILES string of the molecule is Cc1c(N)cc(C(=O)NCCc2ncon2)cc1F. The van der Waals surface area contributed by atoms with Crippen molar-refractivity contribution in [3.05, 3.63) is 41.3 Å². The van der Waals surface area contributed by atoms with Gasteiger partial charge in [-0.1, -0.05) is 5.16 Å². The predicted octanol–water partition coefficient (Wildman–Crippen LogP) is 1.07. The summed E-state index contributed by atoms with van der Waals surface area (Å²) in [5, 5.41) is 6.24. The maximum Gasteiger partial charge on any atom is 0.251 e. The van der Waals surface area contributed by atoms with E-state index >= 15 is 0 Å². The van der Waals surface area contributed by atoms with E-state index in [0.29, 0.717) is 24.4 Å². The number of nitrogens with zero attached hydrogens (tertiary/aromatic N) is 2. The fourth-order valence-corrected chi connectivity index (χ4v) is 1.52. The van der Waals surface area contributed by atoms with Crippen molar-refractivity contribution in [2.45, 2.75) is 13.3 Å². The molecule has 3 N–H and O–H groups in total. The minimum atomic E-state index is -0.497. The molecule has 100 valence electrons. The lowest BCUT2D eigenvalue weighted by atomic mass is 10.1. The van der Waals surface area contributed by atoms with Crippen molar-refractivity contribution >= 4 is 11.6 Å². The molecule has 0 saturated carbocycles. The Bertz CT molecular complexity index is 560. The molecular formula is C12H13FN4O2. The third-order valence-corrected chi connectivity index (χ3v) is 2.69. The summed E-state index contributed by atoms with van der Waals surface area (Å²) in [5.74, 6) is -0.396. The van der Waals surface area contributed by atoms with Gasteiger partial charge in [-0.25, -0.2) is 4.39 Å². The average Bonchev–Trinajstić information content (AvgIpc) is 2.88. The minimum absolute atomic E-state index is 0.189. The van der Waals surface area contributed by atoms with Crippen LogP contribution in [0, 0.1) is 12.7 Å². The van der Waals surface area contributed by atoms with Crippen LogP contribution in [0.15, 0.2) is 23.0 Å². The number of halogens is 1. The summed E-state index contributed by atoms with van der Waals surface area (Å²) >= 11 is 0. The van der Waals surface area contributed by atoms with Crippen LogP contribution in [0.3, 0.4) is 0 Å². The number of anilines is 1. The van der Waals surface area contributed by atoms with Crippen molar-refractivity contribution < 1.29 is 13.7 Å². The Kier molecular flexibility index (Phi) is 3.74. The van der Waals surface area contributed by atoms with Crippen LogP contribution in [0.5, 0.6) is 0 Å². The van der Waals surface area contributed by atoms with Crippen LogP contribution in [0.1, 0.15) is 21.7 Å². The van der Waals surface area contributed by atoms with E-state index in [1.54, 1.807) is 6.92 Å². The number of hydrogen-bond acceptors (Lipinski definition) is 5. The average molecular weight is 264 g/mol. The quantitative estimate of drug-likeness (QED) is 0.805. The highest BCUT2D eigenvalue weighted by atomic mass is 19.1. The second-order valence-corrected chi connectivity index (χ2v) is 4.03. The van der Waals surface area contributed by atoms with Crippen molar-refractivity contribution in [1.29, 1.82) is 0 Å². The molecule has 6 nitrogen and oxygen atoms in total. The van der Waals surface area contributed by atoms with Crippen LogP contribution >= 0.6 is 0 Å². The Labute approximate surface area is 108 Å². The molecule has 1 aromatic heterocycles. The minimum Gasteiger partial charge on any atom is -0.398 e. The number of carbonyl (C=O) groups excluding carboxylic acids is 1. The van der Waals surface area contributed by atoms with E-state index in [9.17, 15) is 9.18 Å². The first-order valence-corrected chi connectivity index (χ1v) is 5.67. The molecular weight excluding hydrogens is 251 g/mol. The number of carbonyl (C=O) groups is 1. The summed E-state index contributed by atoms with van der Waals surface area (Å²) in [7, 11) is 0. The van der Waals surface area contributed by atoms with Gasteiger partial charge in [-0.2, -0.15) is 4.98 Å². The number of hydrogen-bond donors (Lipinski definition) is 2. The number of rotatable bonds is 4. The second kappa shape index (κ2) is 5.47. The summed E-state index contributed by atoms with van der Waals surface area (Å²) in [6, 6.07) is 2.61. The van der Waals surface area contributed by atoms with Crippen LogP contribution in [0.4, 0.5) is 10.1 Å². The molecule has 0 fully saturated rings. The first kappa shape index (κ1) is 13.0. The third-order valence-electron chi connectivity index (χ3n) is 2.69. The molecule has 0 unspecified atom stereocenters. The first-order valence-electron chi connectivity index (χ1n) is 5.67. The van der Waals surface area contributed by atoms with Gasteiger partial charge in [-0.05, 0) is 19.1 Å². The van der Waals surface area contributed by atoms with Crippen molar-refractivity contribution in [2.24, 2.45) is 0 Å². The zero-order chi connectivity index (χ0) is 13.8. The number of nitrogens with two attached hydrogens (primary N) is 1. The summed E-state index contributed by atoms with van der Waals surface area (Å²) in [4.78, 5) is 15.6. The van der Waals surface area contributed by atoms with Gasteiger partial charge in [-0.15, -0.1) is 0 Å². The molecule has 0 atom stereocenters. The maximum atomic E-state index is 13.5. The van der Waals surface area contributed by atoms with E-state index in [4.69, 9.17) is 5.73 Å². The smallest absolute Gasteiger partial charge is 0.251 e. The lowest BCUT2D eigenvalue weighted by Gasteiger charge is -2.07. The third kappa shape index (κ3) is 3.06. The molecule has 7 heteroatoms. The number of benzene rings is 1. The van der Waals surface area contributed by atoms with Crippen molar-refractivity contribution in [3.8, 4) is 0 Å². The molecule has 0 aliphatic rings. The lowest BCUT2D eigenvalue weighted by molar-refractivity contribution is 0.0953. The summed E-state index contributed by atoms with van der Waals surface area (Å²) in [5.41, 5.74) is 6.39. The Morgan fingerprint density at radius 3 is 2.95 bits per heavy atom. The zero-order valence-electron chi connectivity index (χ0n) is 10.3. The zero-order valence-corrected chi connectivity index (χ0v) is 10.3. The van der Waals surface area contributed by atoms with E-state index in [1.807, 2.05) is 0 Å². The standard InChI is InChI=1S/C12H13FN4O2/c1-7-9(13)4-8(5-10(7)14)12(18)15-3-2-11-16-6-19-17-11/h4-6H,2-3,14H2,1H3,(H,15,18). The molecule has 1 heterocycles. The van der Waals surface area contributed by atoms with Crippen LogP contribution in [-0.4, -0.2) is 22.6 Å². The number of nitrogen functional groups attached to an aromatic ring is 1. The fourth-order valence-electron chi connectivity index (χ4n) is 1.52. The van der Waals surface area contributed by atoms with Gasteiger partial charge < -0.3 is 15.6 Å². The van der Waals surface area contributed by atoms with Crippen molar-refractivity contribution in [3.63, 3.8) is 0 Å². The van der Waals surface area contributed by atoms with Gasteiger partial charge in [-0.3, -0.25) is 4.79 Å². The monoisotopic (exact) mass is 264 g/mol. The number of nitrogens with one attached hydrogen (secondary N) is 1. The van der Waals surface area contributed by atoms with E-state index < -0.39 is 11.7 Å². The van der Waals surface area contributed by atoms with Gasteiger partial charge in [0.1, 0.15) is 5.82 Å². The second-order valence-electron chi connectivity index (χ2n) is 4.03. The highest BCUT2D eigenvalue weighted by Gasteiger charge is 2.11. The van der Waals surface area contributed by atoms with E-state index in [1.165, 1.54) is 12.5 Å². The molecule has 2 rings (SSSR count). The molecule has 0 bridgehead atoms. The lowest BCUT2D eigenvalue weighted by Crippen LogP contribution is -2.26. The molecule has 2 aromatic rings. The van der Waals surface area contributed by atoms with Gasteiger partial charge in [0.15, 0.2) is 5.82 Å². The highest BCUT2D eigenvalue weighted by Crippen LogP contribution is 2.17. The van der Waals surface area contributed by atoms with Gasteiger partial charge in [0.25, 0.3) is 5.91 Å². The van der Waals surface area contributed by atoms with Gasteiger partial charge in [0, 0.05) is 29.8 Å².